The third kappa shape index (κ3) is 2.94. The van der Waals surface area contributed by atoms with Gasteiger partial charge < -0.3 is 4.90 Å². The fourth-order valence-electron chi connectivity index (χ4n) is 2.41. The Morgan fingerprint density at radius 3 is 2.73 bits per heavy atom. The first-order chi connectivity index (χ1) is 7.31. The maximum absolute atomic E-state index is 11.5. The molecular weight excluding hydrogens is 188 g/mol. The van der Waals surface area contributed by atoms with E-state index in [4.69, 9.17) is 0 Å². The van der Waals surface area contributed by atoms with Gasteiger partial charge in [0, 0.05) is 32.1 Å². The topological polar surface area (TPSA) is 23.6 Å². The van der Waals surface area contributed by atoms with Gasteiger partial charge in [-0.2, -0.15) is 0 Å². The number of likely N-dealkylation sites (N-methyl/N-ethyl adjacent to an activating group) is 1. The van der Waals surface area contributed by atoms with Gasteiger partial charge in [0.25, 0.3) is 0 Å². The zero-order chi connectivity index (χ0) is 11.3. The first kappa shape index (κ1) is 12.5. The molecule has 2 saturated heterocycles. The minimum atomic E-state index is 0.381. The highest BCUT2D eigenvalue weighted by Gasteiger charge is 2.32. The second kappa shape index (κ2) is 6.11. The maximum atomic E-state index is 11.5. The van der Waals surface area contributed by atoms with Gasteiger partial charge in [-0.05, 0) is 19.4 Å². The summed E-state index contributed by atoms with van der Waals surface area (Å²) in [7, 11) is 0. The minimum absolute atomic E-state index is 0.381. The zero-order valence-corrected chi connectivity index (χ0v) is 10.3. The number of piperidine rings is 1. The van der Waals surface area contributed by atoms with Crippen LogP contribution in [0.1, 0.15) is 40.0 Å². The lowest BCUT2D eigenvalue weighted by Gasteiger charge is -2.43. The second-order valence-electron chi connectivity index (χ2n) is 4.03. The number of nitrogens with zero attached hydrogens (tertiary/aromatic N) is 2. The van der Waals surface area contributed by atoms with E-state index in [0.29, 0.717) is 11.9 Å². The average molecular weight is 212 g/mol. The normalized spacial score (nSPS) is 26.7. The van der Waals surface area contributed by atoms with Crippen LogP contribution in [-0.2, 0) is 4.79 Å². The van der Waals surface area contributed by atoms with Crippen molar-refractivity contribution in [1.29, 1.82) is 0 Å². The van der Waals surface area contributed by atoms with Gasteiger partial charge in [-0.15, -0.1) is 0 Å². The largest absolute Gasteiger partial charge is 0.337 e. The summed E-state index contributed by atoms with van der Waals surface area (Å²) in [5.41, 5.74) is 0. The van der Waals surface area contributed by atoms with Crippen LogP contribution in [0.3, 0.4) is 0 Å². The van der Waals surface area contributed by atoms with Gasteiger partial charge in [0.15, 0.2) is 0 Å². The number of hydrogen-bond acceptors (Lipinski definition) is 2. The monoisotopic (exact) mass is 212 g/mol. The Kier molecular flexibility index (Phi) is 5.09. The molecule has 1 amide bonds. The predicted molar refractivity (Wildman–Crippen MR) is 62.8 cm³/mol. The summed E-state index contributed by atoms with van der Waals surface area (Å²) in [6, 6.07) is 0.523. The van der Waals surface area contributed by atoms with Gasteiger partial charge in [-0.3, -0.25) is 9.69 Å². The SMILES string of the molecule is CC.CCN1CCN2C(=O)CCCC2C1. The molecule has 1 atom stereocenters. The maximum Gasteiger partial charge on any atom is 0.222 e. The van der Waals surface area contributed by atoms with Crippen LogP contribution in [0.5, 0.6) is 0 Å². The lowest BCUT2D eigenvalue weighted by Crippen LogP contribution is -2.56. The Hall–Kier alpha value is -0.570. The third-order valence-corrected chi connectivity index (χ3v) is 3.26. The average Bonchev–Trinajstić information content (AvgIpc) is 2.31. The molecule has 0 saturated carbocycles. The number of amides is 1. The molecule has 2 heterocycles. The molecule has 1 unspecified atom stereocenters. The van der Waals surface area contributed by atoms with E-state index in [1.807, 2.05) is 13.8 Å². The molecule has 2 aliphatic rings. The van der Waals surface area contributed by atoms with Crippen molar-refractivity contribution in [3.8, 4) is 0 Å². The molecule has 0 bridgehead atoms. The molecule has 0 radical (unpaired) electrons. The molecule has 15 heavy (non-hydrogen) atoms. The highest BCUT2D eigenvalue weighted by Crippen LogP contribution is 2.21. The first-order valence-corrected chi connectivity index (χ1v) is 6.33. The van der Waals surface area contributed by atoms with Crippen molar-refractivity contribution in [3.63, 3.8) is 0 Å². The standard InChI is InChI=1S/C10H18N2O.C2H6/c1-2-11-6-7-12-9(8-11)4-3-5-10(12)13;1-2/h9H,2-8H2,1H3;1-2H3. The Morgan fingerprint density at radius 1 is 1.33 bits per heavy atom. The van der Waals surface area contributed by atoms with E-state index in [2.05, 4.69) is 16.7 Å². The van der Waals surface area contributed by atoms with E-state index in [-0.39, 0.29) is 0 Å². The van der Waals surface area contributed by atoms with E-state index < -0.39 is 0 Å². The summed E-state index contributed by atoms with van der Waals surface area (Å²) >= 11 is 0. The van der Waals surface area contributed by atoms with Crippen molar-refractivity contribution >= 4 is 5.91 Å². The van der Waals surface area contributed by atoms with E-state index in [0.717, 1.165) is 39.0 Å². The van der Waals surface area contributed by atoms with Crippen molar-refractivity contribution in [1.82, 2.24) is 9.80 Å². The Balaban J connectivity index is 0.000000531. The molecule has 3 heteroatoms. The number of hydrogen-bond donors (Lipinski definition) is 0. The summed E-state index contributed by atoms with van der Waals surface area (Å²) in [6.07, 6.45) is 3.09. The minimum Gasteiger partial charge on any atom is -0.337 e. The van der Waals surface area contributed by atoms with Crippen molar-refractivity contribution in [2.24, 2.45) is 0 Å². The molecule has 0 aromatic carbocycles. The predicted octanol–water partition coefficient (Wildman–Crippen LogP) is 1.73. The molecule has 88 valence electrons. The number of piperazine rings is 1. The summed E-state index contributed by atoms with van der Waals surface area (Å²) in [6.45, 7) is 10.4. The number of fused-ring (bicyclic) bond motifs is 1. The quantitative estimate of drug-likeness (QED) is 0.661. The van der Waals surface area contributed by atoms with Gasteiger partial charge in [-0.1, -0.05) is 20.8 Å². The van der Waals surface area contributed by atoms with Crippen LogP contribution in [0.2, 0.25) is 0 Å². The molecule has 0 aliphatic carbocycles. The molecule has 3 nitrogen and oxygen atoms in total. The molecule has 0 aromatic rings. The van der Waals surface area contributed by atoms with Crippen molar-refractivity contribution in [3.05, 3.63) is 0 Å². The number of rotatable bonds is 1. The molecule has 0 spiro atoms. The highest BCUT2D eigenvalue weighted by atomic mass is 16.2. The molecule has 0 aromatic heterocycles. The molecular formula is C12H24N2O. The Morgan fingerprint density at radius 2 is 2.07 bits per heavy atom. The second-order valence-corrected chi connectivity index (χ2v) is 4.03. The van der Waals surface area contributed by atoms with E-state index in [1.54, 1.807) is 0 Å². The highest BCUT2D eigenvalue weighted by molar-refractivity contribution is 5.77. The third-order valence-electron chi connectivity index (χ3n) is 3.26. The van der Waals surface area contributed by atoms with E-state index in [9.17, 15) is 4.79 Å². The van der Waals surface area contributed by atoms with Gasteiger partial charge >= 0.3 is 0 Å². The van der Waals surface area contributed by atoms with Crippen molar-refractivity contribution < 1.29 is 4.79 Å². The molecule has 0 N–H and O–H groups in total. The van der Waals surface area contributed by atoms with Crippen molar-refractivity contribution in [2.45, 2.75) is 46.1 Å². The lowest BCUT2D eigenvalue weighted by molar-refractivity contribution is -0.139. The fourth-order valence-corrected chi connectivity index (χ4v) is 2.41. The van der Waals surface area contributed by atoms with E-state index in [1.165, 1.54) is 6.42 Å². The van der Waals surface area contributed by atoms with Crippen LogP contribution in [0.15, 0.2) is 0 Å². The van der Waals surface area contributed by atoms with Crippen LogP contribution in [0.25, 0.3) is 0 Å². The fraction of sp³-hybridized carbons (Fsp3) is 0.917. The Labute approximate surface area is 93.4 Å². The molecule has 2 aliphatic heterocycles. The van der Waals surface area contributed by atoms with Crippen LogP contribution >= 0.6 is 0 Å². The van der Waals surface area contributed by atoms with Crippen LogP contribution in [-0.4, -0.2) is 47.9 Å². The van der Waals surface area contributed by atoms with Gasteiger partial charge in [0.2, 0.25) is 5.91 Å². The Bertz CT molecular complexity index is 206. The smallest absolute Gasteiger partial charge is 0.222 e. The van der Waals surface area contributed by atoms with Crippen LogP contribution in [0, 0.1) is 0 Å². The van der Waals surface area contributed by atoms with Gasteiger partial charge in [0.1, 0.15) is 0 Å². The zero-order valence-electron chi connectivity index (χ0n) is 10.3. The number of carbonyl (C=O) groups is 1. The number of carbonyl (C=O) groups excluding carboxylic acids is 1. The lowest BCUT2D eigenvalue weighted by atomic mass is 9.99. The summed E-state index contributed by atoms with van der Waals surface area (Å²) < 4.78 is 0. The van der Waals surface area contributed by atoms with Gasteiger partial charge in [-0.25, -0.2) is 0 Å². The summed E-state index contributed by atoms with van der Waals surface area (Å²) in [5, 5.41) is 0. The van der Waals surface area contributed by atoms with Crippen LogP contribution < -0.4 is 0 Å². The van der Waals surface area contributed by atoms with Gasteiger partial charge in [0.05, 0.1) is 0 Å². The van der Waals surface area contributed by atoms with E-state index >= 15 is 0 Å². The molecule has 2 rings (SSSR count). The van der Waals surface area contributed by atoms with Crippen molar-refractivity contribution in [2.75, 3.05) is 26.2 Å². The first-order valence-electron chi connectivity index (χ1n) is 6.33. The molecule has 2 fully saturated rings. The summed E-state index contributed by atoms with van der Waals surface area (Å²) in [5.74, 6) is 0.381. The summed E-state index contributed by atoms with van der Waals surface area (Å²) in [4.78, 5) is 16.1. The van der Waals surface area contributed by atoms with Crippen LogP contribution in [0.4, 0.5) is 0 Å².